The molecule has 214 valence electrons. The van der Waals surface area contributed by atoms with Crippen molar-refractivity contribution in [2.75, 3.05) is 13.7 Å². The summed E-state index contributed by atoms with van der Waals surface area (Å²) in [7, 11) is 1.21. The van der Waals surface area contributed by atoms with E-state index >= 15 is 0 Å². The van der Waals surface area contributed by atoms with Gasteiger partial charge in [0.1, 0.15) is 12.1 Å². The quantitative estimate of drug-likeness (QED) is 0.456. The van der Waals surface area contributed by atoms with E-state index in [-0.39, 0.29) is 11.8 Å². The van der Waals surface area contributed by atoms with Gasteiger partial charge in [-0.3, -0.25) is 14.4 Å². The number of benzene rings is 1. The van der Waals surface area contributed by atoms with Crippen LogP contribution in [0.3, 0.4) is 0 Å². The zero-order valence-corrected chi connectivity index (χ0v) is 23.6. The van der Waals surface area contributed by atoms with Crippen LogP contribution in [-0.4, -0.2) is 70.2 Å². The second-order valence-electron chi connectivity index (χ2n) is 9.56. The van der Waals surface area contributed by atoms with Crippen molar-refractivity contribution >= 4 is 23.7 Å². The smallest absolute Gasteiger partial charge is 0.442 e. The van der Waals surface area contributed by atoms with Gasteiger partial charge in [-0.1, -0.05) is 59.7 Å². The van der Waals surface area contributed by atoms with E-state index in [0.717, 1.165) is 4.68 Å². The molecule has 2 N–H and O–H groups in total. The van der Waals surface area contributed by atoms with E-state index in [1.54, 1.807) is 58.0 Å². The van der Waals surface area contributed by atoms with Crippen LogP contribution in [0, 0.1) is 11.8 Å². The molecule has 0 aliphatic carbocycles. The lowest BCUT2D eigenvalue weighted by atomic mass is 9.98. The minimum absolute atomic E-state index is 0.247. The van der Waals surface area contributed by atoms with Crippen LogP contribution in [0.1, 0.15) is 65.1 Å². The van der Waals surface area contributed by atoms with Crippen molar-refractivity contribution in [2.24, 2.45) is 11.8 Å². The van der Waals surface area contributed by atoms with E-state index in [0.29, 0.717) is 25.1 Å². The second-order valence-corrected chi connectivity index (χ2v) is 9.56. The van der Waals surface area contributed by atoms with Gasteiger partial charge in [0, 0.05) is 6.54 Å². The number of Topliss-reactive ketones (excluding diaryl/α,β-unsaturated/α-hetero) is 1. The summed E-state index contributed by atoms with van der Waals surface area (Å²) in [6, 6.07) is 5.76. The Labute approximate surface area is 228 Å². The molecule has 12 heteroatoms. The van der Waals surface area contributed by atoms with Crippen LogP contribution < -0.4 is 16.4 Å². The van der Waals surface area contributed by atoms with Crippen molar-refractivity contribution in [1.29, 1.82) is 0 Å². The van der Waals surface area contributed by atoms with Crippen LogP contribution in [0.2, 0.25) is 0 Å². The number of carbonyl (C=O) groups excluding carboxylic acids is 4. The second kappa shape index (κ2) is 14.3. The zero-order valence-electron chi connectivity index (χ0n) is 23.6. The van der Waals surface area contributed by atoms with Crippen molar-refractivity contribution in [3.8, 4) is 5.69 Å². The number of alkyl carbamates (subject to hydrolysis) is 1. The minimum atomic E-state index is -1.04. The molecule has 0 bridgehead atoms. The molecule has 1 saturated heterocycles. The summed E-state index contributed by atoms with van der Waals surface area (Å²) in [5, 5.41) is 9.29. The lowest BCUT2D eigenvalue weighted by Crippen LogP contribution is -2.57. The summed E-state index contributed by atoms with van der Waals surface area (Å²) in [4.78, 5) is 65.3. The van der Waals surface area contributed by atoms with Crippen molar-refractivity contribution in [2.45, 2.75) is 72.5 Å². The first kappa shape index (κ1) is 31.3. The number of hydrogen-bond acceptors (Lipinski definition) is 8. The Morgan fingerprint density at radius 3 is 2.18 bits per heavy atom. The minimum Gasteiger partial charge on any atom is -0.453 e. The molecule has 0 unspecified atom stereocenters. The van der Waals surface area contributed by atoms with Crippen LogP contribution >= 0.6 is 0 Å². The van der Waals surface area contributed by atoms with E-state index in [1.807, 2.05) is 13.8 Å². The number of methoxy groups -OCH3 is 1. The van der Waals surface area contributed by atoms with Gasteiger partial charge in [-0.25, -0.2) is 9.59 Å². The molecule has 3 atom stereocenters. The Morgan fingerprint density at radius 1 is 1.00 bits per heavy atom. The third-order valence-electron chi connectivity index (χ3n) is 6.24. The highest BCUT2D eigenvalue weighted by Gasteiger charge is 2.40. The van der Waals surface area contributed by atoms with Gasteiger partial charge in [0.25, 0.3) is 5.89 Å². The van der Waals surface area contributed by atoms with Crippen molar-refractivity contribution < 1.29 is 28.3 Å². The van der Waals surface area contributed by atoms with Crippen molar-refractivity contribution in [3.05, 3.63) is 46.8 Å². The Morgan fingerprint density at radius 2 is 1.62 bits per heavy atom. The fourth-order valence-corrected chi connectivity index (χ4v) is 4.21. The number of hydrogen-bond donors (Lipinski definition) is 2. The van der Waals surface area contributed by atoms with Gasteiger partial charge in [0.05, 0.1) is 18.8 Å². The maximum absolute atomic E-state index is 13.3. The molecule has 0 saturated carbocycles. The number of carbonyl (C=O) groups is 4. The van der Waals surface area contributed by atoms with Gasteiger partial charge in [-0.05, 0) is 36.8 Å². The molecule has 1 fully saturated rings. The maximum Gasteiger partial charge on any atom is 0.442 e. The summed E-state index contributed by atoms with van der Waals surface area (Å²) < 4.78 is 10.7. The Kier molecular flexibility index (Phi) is 11.4. The fourth-order valence-electron chi connectivity index (χ4n) is 4.21. The standard InChI is InChI=1S/C25H33N5O7.C2H6/c1-14(2)18(20(31)22-28-30(25(35)37-22)16-10-7-6-8-11-16)26-21(32)17-12-9-13-29(17)23(33)19(15(3)4)27-24(34)36-5;1-2/h6-8,10-11,14-15,17-19H,9,12-13H2,1-5H3,(H,26,32)(H,27,34);1-2H3/t17-,18-,19-;/m0./s1. The summed E-state index contributed by atoms with van der Waals surface area (Å²) >= 11 is 0. The summed E-state index contributed by atoms with van der Waals surface area (Å²) in [6.07, 6.45) is 0.245. The van der Waals surface area contributed by atoms with Gasteiger partial charge >= 0.3 is 11.8 Å². The Balaban J connectivity index is 0.00000260. The van der Waals surface area contributed by atoms with E-state index in [2.05, 4.69) is 20.5 Å². The summed E-state index contributed by atoms with van der Waals surface area (Å²) in [6.45, 7) is 11.4. The van der Waals surface area contributed by atoms with Crippen LogP contribution in [0.25, 0.3) is 5.69 Å². The molecule has 2 heterocycles. The molecular weight excluding hydrogens is 506 g/mol. The number of para-hydroxylation sites is 1. The molecule has 1 aromatic carbocycles. The van der Waals surface area contributed by atoms with Gasteiger partial charge in [-0.15, -0.1) is 5.10 Å². The average molecular weight is 546 g/mol. The third-order valence-corrected chi connectivity index (χ3v) is 6.24. The molecule has 0 radical (unpaired) electrons. The van der Waals surface area contributed by atoms with Crippen LogP contribution in [0.5, 0.6) is 0 Å². The predicted molar refractivity (Wildman–Crippen MR) is 143 cm³/mol. The molecule has 39 heavy (non-hydrogen) atoms. The molecule has 2 aromatic rings. The molecular formula is C27H39N5O7. The SMILES string of the molecule is CC.COC(=O)N[C@H](C(=O)N1CCC[C@H]1C(=O)N[C@H](C(=O)c1nn(-c2ccccc2)c(=O)o1)C(C)C)C(C)C. The normalized spacial score (nSPS) is 16.2. The monoisotopic (exact) mass is 545 g/mol. The Bertz CT molecular complexity index is 1190. The zero-order chi connectivity index (χ0) is 29.3. The predicted octanol–water partition coefficient (Wildman–Crippen LogP) is 2.55. The number of aromatic nitrogens is 2. The molecule has 1 aliphatic heterocycles. The largest absolute Gasteiger partial charge is 0.453 e. The average Bonchev–Trinajstić information content (AvgIpc) is 3.58. The van der Waals surface area contributed by atoms with E-state index in [4.69, 9.17) is 4.42 Å². The highest BCUT2D eigenvalue weighted by Crippen LogP contribution is 2.21. The summed E-state index contributed by atoms with van der Waals surface area (Å²) in [5.74, 6) is -3.43. The molecule has 12 nitrogen and oxygen atoms in total. The lowest BCUT2D eigenvalue weighted by Gasteiger charge is -2.31. The van der Waals surface area contributed by atoms with E-state index in [1.165, 1.54) is 12.0 Å². The number of rotatable bonds is 9. The number of ketones is 1. The third kappa shape index (κ3) is 7.55. The first-order chi connectivity index (χ1) is 18.5. The van der Waals surface area contributed by atoms with Gasteiger partial charge in [0.15, 0.2) is 0 Å². The molecule has 1 aliphatic rings. The lowest BCUT2D eigenvalue weighted by molar-refractivity contribution is -0.141. The Hall–Kier alpha value is -3.96. The molecule has 3 amide bonds. The summed E-state index contributed by atoms with van der Waals surface area (Å²) in [5.41, 5.74) is 0.431. The maximum atomic E-state index is 13.3. The molecule has 1 aromatic heterocycles. The van der Waals surface area contributed by atoms with Gasteiger partial charge in [-0.2, -0.15) is 4.68 Å². The van der Waals surface area contributed by atoms with Gasteiger partial charge in [0.2, 0.25) is 17.6 Å². The number of amides is 3. The molecule has 0 spiro atoms. The first-order valence-corrected chi connectivity index (χ1v) is 13.2. The van der Waals surface area contributed by atoms with E-state index < -0.39 is 53.5 Å². The highest BCUT2D eigenvalue weighted by molar-refractivity contribution is 6.00. The molecule has 3 rings (SSSR count). The first-order valence-electron chi connectivity index (χ1n) is 13.2. The van der Waals surface area contributed by atoms with Crippen molar-refractivity contribution in [1.82, 2.24) is 25.3 Å². The van der Waals surface area contributed by atoms with Gasteiger partial charge < -0.3 is 24.7 Å². The number of nitrogens with one attached hydrogen (secondary N) is 2. The highest BCUT2D eigenvalue weighted by atomic mass is 16.5. The van der Waals surface area contributed by atoms with Crippen LogP contribution in [0.15, 0.2) is 39.5 Å². The number of nitrogens with zero attached hydrogens (tertiary/aromatic N) is 3. The fraction of sp³-hybridized carbons (Fsp3) is 0.556. The van der Waals surface area contributed by atoms with Crippen LogP contribution in [-0.2, 0) is 14.3 Å². The number of likely N-dealkylation sites (tertiary alicyclic amines) is 1. The van der Waals surface area contributed by atoms with E-state index in [9.17, 15) is 24.0 Å². The van der Waals surface area contributed by atoms with Crippen LogP contribution in [0.4, 0.5) is 4.79 Å². The van der Waals surface area contributed by atoms with Crippen molar-refractivity contribution in [3.63, 3.8) is 0 Å². The topological polar surface area (TPSA) is 153 Å². The number of ether oxygens (including phenoxy) is 1.